The molecule has 1 aromatic carbocycles. The van der Waals surface area contributed by atoms with Crippen LogP contribution in [0.2, 0.25) is 0 Å². The van der Waals surface area contributed by atoms with E-state index in [0.29, 0.717) is 6.42 Å². The van der Waals surface area contributed by atoms with Crippen LogP contribution in [-0.2, 0) is 16.0 Å². The van der Waals surface area contributed by atoms with E-state index in [4.69, 9.17) is 11.5 Å². The zero-order valence-electron chi connectivity index (χ0n) is 10.1. The fourth-order valence-electron chi connectivity index (χ4n) is 1.38. The predicted octanol–water partition coefficient (Wildman–Crippen LogP) is -0.0318. The molecule has 2 atom stereocenters. The average Bonchev–Trinajstić information content (AvgIpc) is 2.29. The molecule has 5 nitrogen and oxygen atoms in total. The van der Waals surface area contributed by atoms with Crippen molar-refractivity contribution in [3.8, 4) is 0 Å². The molecule has 0 saturated heterocycles. The first-order chi connectivity index (χ1) is 8.00. The van der Waals surface area contributed by atoms with Crippen LogP contribution in [0.1, 0.15) is 12.5 Å². The highest BCUT2D eigenvalue weighted by Gasteiger charge is 2.19. The molecule has 0 aliphatic rings. The van der Waals surface area contributed by atoms with E-state index in [1.807, 2.05) is 30.3 Å². The Hall–Kier alpha value is -1.59. The van der Waals surface area contributed by atoms with Gasteiger partial charge in [0.25, 0.3) is 0 Å². The fraction of sp³-hybridized carbons (Fsp3) is 0.333. The van der Waals surface area contributed by atoms with Crippen LogP contribution in [0, 0.1) is 0 Å². The zero-order chi connectivity index (χ0) is 12.8. The molecule has 0 saturated carbocycles. The van der Waals surface area contributed by atoms with E-state index < -0.39 is 18.0 Å². The van der Waals surface area contributed by atoms with Crippen molar-refractivity contribution in [1.82, 2.24) is 5.32 Å². The zero-order valence-corrected chi connectivity index (χ0v) is 10.9. The van der Waals surface area contributed by atoms with E-state index in [0.717, 1.165) is 5.56 Å². The molecule has 1 aromatic rings. The first-order valence-corrected chi connectivity index (χ1v) is 5.40. The molecular weight excluding hydrogens is 254 g/mol. The molecule has 0 radical (unpaired) electrons. The third-order valence-electron chi connectivity index (χ3n) is 2.36. The molecule has 100 valence electrons. The number of amides is 2. The summed E-state index contributed by atoms with van der Waals surface area (Å²) >= 11 is 0. The van der Waals surface area contributed by atoms with E-state index in [1.165, 1.54) is 0 Å². The van der Waals surface area contributed by atoms with Crippen LogP contribution in [0.25, 0.3) is 0 Å². The van der Waals surface area contributed by atoms with Gasteiger partial charge in [0.2, 0.25) is 11.8 Å². The largest absolute Gasteiger partial charge is 0.368 e. The molecule has 18 heavy (non-hydrogen) atoms. The minimum atomic E-state index is -0.726. The fourth-order valence-corrected chi connectivity index (χ4v) is 1.38. The molecule has 0 aliphatic carbocycles. The molecule has 0 spiro atoms. The summed E-state index contributed by atoms with van der Waals surface area (Å²) in [5, 5.41) is 2.53. The van der Waals surface area contributed by atoms with Gasteiger partial charge in [-0.1, -0.05) is 30.3 Å². The lowest BCUT2D eigenvalue weighted by Gasteiger charge is -2.16. The van der Waals surface area contributed by atoms with Crippen LogP contribution < -0.4 is 16.8 Å². The first kappa shape index (κ1) is 16.4. The summed E-state index contributed by atoms with van der Waals surface area (Å²) < 4.78 is 0. The van der Waals surface area contributed by atoms with Crippen molar-refractivity contribution in [2.24, 2.45) is 11.5 Å². The lowest BCUT2D eigenvalue weighted by molar-refractivity contribution is -0.127. The maximum atomic E-state index is 11.4. The standard InChI is InChI=1S/C12H17N3O2.ClH/c1-8(13)12(17)15-10(11(14)16)7-9-5-3-2-4-6-9;/h2-6,8,10H,7,13H2,1H3,(H2,14,16)(H,15,17);1H/t8-,10-;/m1./s1. The van der Waals surface area contributed by atoms with Crippen molar-refractivity contribution in [1.29, 1.82) is 0 Å². The van der Waals surface area contributed by atoms with E-state index in [1.54, 1.807) is 6.92 Å². The Bertz CT molecular complexity index is 396. The maximum absolute atomic E-state index is 11.4. The number of halogens is 1. The molecule has 0 heterocycles. The third kappa shape index (κ3) is 5.16. The maximum Gasteiger partial charge on any atom is 0.240 e. The van der Waals surface area contributed by atoms with Gasteiger partial charge >= 0.3 is 0 Å². The number of carbonyl (C=O) groups is 2. The van der Waals surface area contributed by atoms with Crippen molar-refractivity contribution in [3.63, 3.8) is 0 Å². The van der Waals surface area contributed by atoms with Gasteiger partial charge in [0.1, 0.15) is 6.04 Å². The summed E-state index contributed by atoms with van der Waals surface area (Å²) in [7, 11) is 0. The minimum absolute atomic E-state index is 0. The Morgan fingerprint density at radius 2 is 1.83 bits per heavy atom. The third-order valence-corrected chi connectivity index (χ3v) is 2.36. The van der Waals surface area contributed by atoms with Gasteiger partial charge in [-0.25, -0.2) is 0 Å². The highest BCUT2D eigenvalue weighted by atomic mass is 35.5. The van der Waals surface area contributed by atoms with Crippen molar-refractivity contribution >= 4 is 24.2 Å². The molecule has 0 fully saturated rings. The van der Waals surface area contributed by atoms with Crippen LogP contribution in [0.15, 0.2) is 30.3 Å². The summed E-state index contributed by atoms with van der Waals surface area (Å²) in [6.45, 7) is 1.55. The van der Waals surface area contributed by atoms with E-state index in [9.17, 15) is 9.59 Å². The highest BCUT2D eigenvalue weighted by Crippen LogP contribution is 2.03. The summed E-state index contributed by atoms with van der Waals surface area (Å²) in [5.74, 6) is -0.951. The first-order valence-electron chi connectivity index (χ1n) is 5.40. The molecule has 1 rings (SSSR count). The van der Waals surface area contributed by atoms with Gasteiger partial charge < -0.3 is 16.8 Å². The second kappa shape index (κ2) is 7.68. The lowest BCUT2D eigenvalue weighted by Crippen LogP contribution is -2.50. The number of carbonyl (C=O) groups excluding carboxylic acids is 2. The SMILES string of the molecule is C[C@@H](N)C(=O)N[C@H](Cc1ccccc1)C(N)=O.Cl. The predicted molar refractivity (Wildman–Crippen MR) is 72.2 cm³/mol. The lowest BCUT2D eigenvalue weighted by atomic mass is 10.1. The minimum Gasteiger partial charge on any atom is -0.368 e. The van der Waals surface area contributed by atoms with Gasteiger partial charge in [0.15, 0.2) is 0 Å². The van der Waals surface area contributed by atoms with Crippen LogP contribution in [0.5, 0.6) is 0 Å². The Morgan fingerprint density at radius 3 is 2.28 bits per heavy atom. The number of nitrogens with one attached hydrogen (secondary N) is 1. The molecule has 0 aromatic heterocycles. The summed E-state index contributed by atoms with van der Waals surface area (Å²) in [6, 6.07) is 7.95. The van der Waals surface area contributed by atoms with Crippen LogP contribution in [-0.4, -0.2) is 23.9 Å². The molecule has 5 N–H and O–H groups in total. The number of nitrogens with two attached hydrogens (primary N) is 2. The van der Waals surface area contributed by atoms with E-state index in [-0.39, 0.29) is 18.3 Å². The summed E-state index contributed by atoms with van der Waals surface area (Å²) in [6.07, 6.45) is 0.370. The molecule has 6 heteroatoms. The van der Waals surface area contributed by atoms with Crippen molar-refractivity contribution in [3.05, 3.63) is 35.9 Å². The Balaban J connectivity index is 0.00000289. The molecular formula is C12H18ClN3O2. The Labute approximate surface area is 112 Å². The van der Waals surface area contributed by atoms with Crippen LogP contribution >= 0.6 is 12.4 Å². The number of hydrogen-bond acceptors (Lipinski definition) is 3. The van der Waals surface area contributed by atoms with E-state index >= 15 is 0 Å². The molecule has 2 amide bonds. The molecule has 0 bridgehead atoms. The monoisotopic (exact) mass is 271 g/mol. The number of primary amides is 1. The second-order valence-electron chi connectivity index (χ2n) is 3.94. The summed E-state index contributed by atoms with van der Waals surface area (Å²) in [5.41, 5.74) is 11.6. The number of rotatable bonds is 5. The molecule has 0 unspecified atom stereocenters. The van der Waals surface area contributed by atoms with Crippen LogP contribution in [0.4, 0.5) is 0 Å². The van der Waals surface area contributed by atoms with Crippen molar-refractivity contribution in [2.45, 2.75) is 25.4 Å². The van der Waals surface area contributed by atoms with Gasteiger partial charge in [-0.3, -0.25) is 9.59 Å². The second-order valence-corrected chi connectivity index (χ2v) is 3.94. The quantitative estimate of drug-likeness (QED) is 0.701. The van der Waals surface area contributed by atoms with Gasteiger partial charge in [-0.05, 0) is 12.5 Å². The number of hydrogen-bond donors (Lipinski definition) is 3. The normalized spacial score (nSPS) is 13.0. The average molecular weight is 272 g/mol. The van der Waals surface area contributed by atoms with Gasteiger partial charge in [-0.15, -0.1) is 12.4 Å². The summed E-state index contributed by atoms with van der Waals surface area (Å²) in [4.78, 5) is 22.6. The highest BCUT2D eigenvalue weighted by molar-refractivity contribution is 5.88. The topological polar surface area (TPSA) is 98.2 Å². The van der Waals surface area contributed by atoms with E-state index in [2.05, 4.69) is 5.32 Å². The van der Waals surface area contributed by atoms with Gasteiger partial charge in [0, 0.05) is 6.42 Å². The smallest absolute Gasteiger partial charge is 0.240 e. The Kier molecular flexibility index (Phi) is 7.00. The Morgan fingerprint density at radius 1 is 1.28 bits per heavy atom. The van der Waals surface area contributed by atoms with Crippen molar-refractivity contribution < 1.29 is 9.59 Å². The van der Waals surface area contributed by atoms with Gasteiger partial charge in [0.05, 0.1) is 6.04 Å². The van der Waals surface area contributed by atoms with Crippen molar-refractivity contribution in [2.75, 3.05) is 0 Å². The number of benzene rings is 1. The molecule has 0 aliphatic heterocycles. The van der Waals surface area contributed by atoms with Crippen LogP contribution in [0.3, 0.4) is 0 Å². The van der Waals surface area contributed by atoms with Gasteiger partial charge in [-0.2, -0.15) is 0 Å².